The Bertz CT molecular complexity index is 519. The maximum atomic E-state index is 5.18. The van der Waals surface area contributed by atoms with E-state index < -0.39 is 0 Å². The maximum Gasteiger partial charge on any atom is 0.213 e. The fourth-order valence-corrected chi connectivity index (χ4v) is 1.89. The van der Waals surface area contributed by atoms with Crippen molar-refractivity contribution in [1.29, 1.82) is 0 Å². The van der Waals surface area contributed by atoms with Crippen LogP contribution in [0.1, 0.15) is 19.4 Å². The van der Waals surface area contributed by atoms with Crippen LogP contribution in [0, 0.1) is 0 Å². The van der Waals surface area contributed by atoms with Gasteiger partial charge in [0.1, 0.15) is 0 Å². The van der Waals surface area contributed by atoms with Gasteiger partial charge < -0.3 is 14.6 Å². The second-order valence-corrected chi connectivity index (χ2v) is 4.89. The lowest BCUT2D eigenvalue weighted by Gasteiger charge is -2.20. The molecule has 4 nitrogen and oxygen atoms in total. The highest BCUT2D eigenvalue weighted by molar-refractivity contribution is 5.79. The van der Waals surface area contributed by atoms with Gasteiger partial charge in [0.2, 0.25) is 5.88 Å². The molecular formula is C14H21N3O. The summed E-state index contributed by atoms with van der Waals surface area (Å²) < 4.78 is 5.18. The first kappa shape index (κ1) is 12.9. The fourth-order valence-electron chi connectivity index (χ4n) is 1.89. The predicted octanol–water partition coefficient (Wildman–Crippen LogP) is 2.45. The van der Waals surface area contributed by atoms with Crippen molar-refractivity contribution in [2.75, 3.05) is 20.7 Å². The van der Waals surface area contributed by atoms with Crippen molar-refractivity contribution >= 4 is 11.0 Å². The number of fused-ring (bicyclic) bond motifs is 1. The van der Waals surface area contributed by atoms with Crippen LogP contribution in [-0.4, -0.2) is 41.6 Å². The lowest BCUT2D eigenvalue weighted by Crippen LogP contribution is -2.28. The van der Waals surface area contributed by atoms with Gasteiger partial charge in [0.15, 0.2) is 0 Å². The zero-order chi connectivity index (χ0) is 13.1. The van der Waals surface area contributed by atoms with E-state index in [-0.39, 0.29) is 0 Å². The summed E-state index contributed by atoms with van der Waals surface area (Å²) in [5.41, 5.74) is 3.33. The normalized spacial score (nSPS) is 11.7. The lowest BCUT2D eigenvalue weighted by atomic mass is 10.2. The average Bonchev–Trinajstić information content (AvgIpc) is 2.77. The Morgan fingerprint density at radius 3 is 2.83 bits per heavy atom. The van der Waals surface area contributed by atoms with Crippen molar-refractivity contribution < 1.29 is 4.74 Å². The summed E-state index contributed by atoms with van der Waals surface area (Å²) in [5.74, 6) is 0.667. The van der Waals surface area contributed by atoms with E-state index >= 15 is 0 Å². The van der Waals surface area contributed by atoms with Crippen molar-refractivity contribution in [3.8, 4) is 5.88 Å². The largest absolute Gasteiger partial charge is 0.481 e. The van der Waals surface area contributed by atoms with Gasteiger partial charge in [-0.2, -0.15) is 0 Å². The van der Waals surface area contributed by atoms with Crippen LogP contribution in [0.4, 0.5) is 0 Å². The molecule has 0 radical (unpaired) electrons. The van der Waals surface area contributed by atoms with E-state index in [1.54, 1.807) is 7.11 Å². The van der Waals surface area contributed by atoms with E-state index in [9.17, 15) is 0 Å². The predicted molar refractivity (Wildman–Crippen MR) is 74.1 cm³/mol. The number of rotatable bonds is 5. The molecule has 98 valence electrons. The zero-order valence-corrected chi connectivity index (χ0v) is 11.5. The third-order valence-corrected chi connectivity index (χ3v) is 3.40. The lowest BCUT2D eigenvalue weighted by molar-refractivity contribution is 0.278. The number of H-pyrrole nitrogens is 1. The molecule has 0 spiro atoms. The minimum atomic E-state index is 0.567. The third kappa shape index (κ3) is 2.64. The third-order valence-electron chi connectivity index (χ3n) is 3.40. The molecule has 4 heteroatoms. The van der Waals surface area contributed by atoms with E-state index in [1.807, 2.05) is 18.3 Å². The van der Waals surface area contributed by atoms with E-state index in [2.05, 4.69) is 35.8 Å². The topological polar surface area (TPSA) is 41.1 Å². The molecule has 0 aliphatic heterocycles. The van der Waals surface area contributed by atoms with E-state index in [0.717, 1.165) is 24.0 Å². The first-order valence-corrected chi connectivity index (χ1v) is 6.33. The van der Waals surface area contributed by atoms with Gasteiger partial charge in [-0.1, -0.05) is 0 Å². The van der Waals surface area contributed by atoms with Gasteiger partial charge in [0.25, 0.3) is 0 Å². The molecule has 18 heavy (non-hydrogen) atoms. The molecule has 2 aromatic rings. The molecule has 0 unspecified atom stereocenters. The zero-order valence-electron chi connectivity index (χ0n) is 11.5. The number of hydrogen-bond acceptors (Lipinski definition) is 3. The average molecular weight is 247 g/mol. The maximum absolute atomic E-state index is 5.18. The van der Waals surface area contributed by atoms with Crippen molar-refractivity contribution in [3.63, 3.8) is 0 Å². The van der Waals surface area contributed by atoms with Crippen molar-refractivity contribution in [2.24, 2.45) is 0 Å². The van der Waals surface area contributed by atoms with Gasteiger partial charge in [0, 0.05) is 24.8 Å². The fraction of sp³-hybridized carbons (Fsp3) is 0.500. The Morgan fingerprint density at radius 2 is 2.17 bits per heavy atom. The van der Waals surface area contributed by atoms with Crippen LogP contribution in [0.2, 0.25) is 0 Å². The minimum Gasteiger partial charge on any atom is -0.481 e. The van der Waals surface area contributed by atoms with Crippen LogP contribution in [0.15, 0.2) is 18.3 Å². The molecule has 0 saturated heterocycles. The molecule has 0 amide bonds. The van der Waals surface area contributed by atoms with Gasteiger partial charge >= 0.3 is 0 Å². The minimum absolute atomic E-state index is 0.567. The molecule has 2 rings (SSSR count). The quantitative estimate of drug-likeness (QED) is 0.882. The van der Waals surface area contributed by atoms with Gasteiger partial charge in [0.05, 0.1) is 18.1 Å². The second kappa shape index (κ2) is 5.40. The Morgan fingerprint density at radius 1 is 1.39 bits per heavy atom. The number of methoxy groups -OCH3 is 1. The van der Waals surface area contributed by atoms with Gasteiger partial charge in [-0.15, -0.1) is 0 Å². The van der Waals surface area contributed by atoms with Crippen LogP contribution in [0.3, 0.4) is 0 Å². The monoisotopic (exact) mass is 247 g/mol. The van der Waals surface area contributed by atoms with Crippen LogP contribution >= 0.6 is 0 Å². The number of aromatic nitrogens is 2. The molecule has 0 saturated carbocycles. The molecule has 0 fully saturated rings. The molecule has 0 aliphatic rings. The SMILES string of the molecule is COc1ccc2[nH]cc(CCN(C)C(C)C)c2n1. The number of aromatic amines is 1. The molecule has 0 bridgehead atoms. The molecule has 2 heterocycles. The first-order valence-electron chi connectivity index (χ1n) is 6.33. The van der Waals surface area contributed by atoms with Crippen molar-refractivity contribution in [1.82, 2.24) is 14.9 Å². The highest BCUT2D eigenvalue weighted by atomic mass is 16.5. The Hall–Kier alpha value is -1.55. The molecule has 0 atom stereocenters. The highest BCUT2D eigenvalue weighted by Crippen LogP contribution is 2.20. The second-order valence-electron chi connectivity index (χ2n) is 4.89. The number of hydrogen-bond donors (Lipinski definition) is 1. The van der Waals surface area contributed by atoms with Gasteiger partial charge in [-0.3, -0.25) is 0 Å². The number of nitrogens with zero attached hydrogens (tertiary/aromatic N) is 2. The van der Waals surface area contributed by atoms with E-state index in [0.29, 0.717) is 11.9 Å². The van der Waals surface area contributed by atoms with Crippen LogP contribution in [-0.2, 0) is 6.42 Å². The summed E-state index contributed by atoms with van der Waals surface area (Å²) >= 11 is 0. The molecule has 0 aliphatic carbocycles. The first-order chi connectivity index (χ1) is 8.61. The van der Waals surface area contributed by atoms with Gasteiger partial charge in [-0.05, 0) is 38.9 Å². The van der Waals surface area contributed by atoms with Crippen molar-refractivity contribution in [2.45, 2.75) is 26.3 Å². The Labute approximate surface area is 108 Å². The molecular weight excluding hydrogens is 226 g/mol. The van der Waals surface area contributed by atoms with Gasteiger partial charge in [-0.25, -0.2) is 4.98 Å². The Balaban J connectivity index is 2.18. The smallest absolute Gasteiger partial charge is 0.213 e. The highest BCUT2D eigenvalue weighted by Gasteiger charge is 2.09. The van der Waals surface area contributed by atoms with E-state index in [4.69, 9.17) is 4.74 Å². The van der Waals surface area contributed by atoms with Crippen LogP contribution in [0.5, 0.6) is 5.88 Å². The summed E-state index contributed by atoms with van der Waals surface area (Å²) in [6.45, 7) is 5.44. The Kier molecular flexibility index (Phi) is 3.87. The molecule has 0 aromatic carbocycles. The number of ether oxygens (including phenoxy) is 1. The van der Waals surface area contributed by atoms with Crippen LogP contribution in [0.25, 0.3) is 11.0 Å². The van der Waals surface area contributed by atoms with Crippen LogP contribution < -0.4 is 4.74 Å². The summed E-state index contributed by atoms with van der Waals surface area (Å²) in [6.07, 6.45) is 3.04. The van der Waals surface area contributed by atoms with E-state index in [1.165, 1.54) is 5.56 Å². The summed E-state index contributed by atoms with van der Waals surface area (Å²) in [7, 11) is 3.79. The molecule has 2 aromatic heterocycles. The summed E-state index contributed by atoms with van der Waals surface area (Å²) in [4.78, 5) is 10.1. The summed E-state index contributed by atoms with van der Waals surface area (Å²) in [6, 6.07) is 4.46. The standard InChI is InChI=1S/C14H21N3O/c1-10(2)17(3)8-7-11-9-15-12-5-6-13(18-4)16-14(11)12/h5-6,9-10,15H,7-8H2,1-4H3. The summed E-state index contributed by atoms with van der Waals surface area (Å²) in [5, 5.41) is 0. The number of likely N-dealkylation sites (N-methyl/N-ethyl adjacent to an activating group) is 1. The number of nitrogens with one attached hydrogen (secondary N) is 1. The van der Waals surface area contributed by atoms with Crippen molar-refractivity contribution in [3.05, 3.63) is 23.9 Å². The number of pyridine rings is 1. The molecule has 1 N–H and O–H groups in total.